The van der Waals surface area contributed by atoms with Gasteiger partial charge in [0.25, 0.3) is 0 Å². The first kappa shape index (κ1) is 15.6. The van der Waals surface area contributed by atoms with Crippen LogP contribution in [0.5, 0.6) is 11.5 Å². The summed E-state index contributed by atoms with van der Waals surface area (Å²) in [5.41, 5.74) is 6.92. The summed E-state index contributed by atoms with van der Waals surface area (Å²) in [5.74, 6) is 0.629. The van der Waals surface area contributed by atoms with Gasteiger partial charge in [-0.15, -0.1) is 0 Å². The van der Waals surface area contributed by atoms with Crippen molar-refractivity contribution in [2.75, 3.05) is 26.6 Å². The van der Waals surface area contributed by atoms with Crippen molar-refractivity contribution in [3.05, 3.63) is 30.0 Å². The van der Waals surface area contributed by atoms with E-state index in [1.807, 2.05) is 0 Å². The van der Waals surface area contributed by atoms with Gasteiger partial charge >= 0.3 is 5.97 Å². The molecule has 0 atom stereocenters. The number of carbonyl (C=O) groups is 1. The first-order chi connectivity index (χ1) is 10.6. The fourth-order valence-corrected chi connectivity index (χ4v) is 1.92. The number of nitrogen functional groups attached to an aromatic ring is 1. The number of esters is 1. The van der Waals surface area contributed by atoms with Gasteiger partial charge in [-0.3, -0.25) is 0 Å². The molecule has 0 unspecified atom stereocenters. The van der Waals surface area contributed by atoms with Crippen LogP contribution < -0.4 is 15.2 Å². The number of methoxy groups -OCH3 is 2. The summed E-state index contributed by atoms with van der Waals surface area (Å²) < 4.78 is 15.4. The molecule has 0 fully saturated rings. The average Bonchev–Trinajstić information content (AvgIpc) is 2.53. The fraction of sp³-hybridized carbons (Fsp3) is 0.267. The molecule has 0 radical (unpaired) electrons. The lowest BCUT2D eigenvalue weighted by molar-refractivity contribution is 0.0519. The number of hydrogen-bond donors (Lipinski definition) is 1. The molecule has 0 bridgehead atoms. The van der Waals surface area contributed by atoms with Gasteiger partial charge in [0.2, 0.25) is 5.95 Å². The van der Waals surface area contributed by atoms with Crippen molar-refractivity contribution in [3.63, 3.8) is 0 Å². The molecule has 1 aromatic heterocycles. The van der Waals surface area contributed by atoms with E-state index in [0.717, 1.165) is 0 Å². The highest BCUT2D eigenvalue weighted by atomic mass is 16.5. The summed E-state index contributed by atoms with van der Waals surface area (Å²) in [5, 5.41) is 0. The molecule has 1 heterocycles. The number of nitrogens with two attached hydrogens (primary N) is 1. The molecule has 2 N–H and O–H groups in total. The molecular weight excluding hydrogens is 286 g/mol. The van der Waals surface area contributed by atoms with Gasteiger partial charge in [-0.25, -0.2) is 14.8 Å². The number of carbonyl (C=O) groups excluding carboxylic acids is 1. The number of nitrogens with zero attached hydrogens (tertiary/aromatic N) is 2. The van der Waals surface area contributed by atoms with E-state index in [0.29, 0.717) is 22.8 Å². The first-order valence-corrected chi connectivity index (χ1v) is 6.63. The smallest absolute Gasteiger partial charge is 0.357 e. The molecule has 2 aromatic rings. The number of aromatic nitrogens is 2. The van der Waals surface area contributed by atoms with Crippen molar-refractivity contribution in [1.82, 2.24) is 9.97 Å². The Hall–Kier alpha value is -2.83. The van der Waals surface area contributed by atoms with Crippen LogP contribution in [0.2, 0.25) is 0 Å². The van der Waals surface area contributed by atoms with Gasteiger partial charge in [-0.05, 0) is 25.1 Å². The number of rotatable bonds is 5. The summed E-state index contributed by atoms with van der Waals surface area (Å²) in [6.45, 7) is 1.97. The maximum absolute atomic E-state index is 11.8. The summed E-state index contributed by atoms with van der Waals surface area (Å²) in [7, 11) is 3.10. The number of anilines is 1. The Morgan fingerprint density at radius 2 is 1.95 bits per heavy atom. The summed E-state index contributed by atoms with van der Waals surface area (Å²) in [4.78, 5) is 19.9. The van der Waals surface area contributed by atoms with Crippen molar-refractivity contribution in [3.8, 4) is 22.8 Å². The second kappa shape index (κ2) is 6.75. The molecule has 0 amide bonds. The molecule has 0 aliphatic rings. The Bertz CT molecular complexity index is 688. The van der Waals surface area contributed by atoms with Crippen LogP contribution >= 0.6 is 0 Å². The average molecular weight is 303 g/mol. The van der Waals surface area contributed by atoms with Crippen molar-refractivity contribution in [2.24, 2.45) is 0 Å². The normalized spacial score (nSPS) is 10.1. The number of ether oxygens (including phenoxy) is 3. The van der Waals surface area contributed by atoms with E-state index in [2.05, 4.69) is 9.97 Å². The quantitative estimate of drug-likeness (QED) is 0.843. The molecule has 22 heavy (non-hydrogen) atoms. The number of benzene rings is 1. The molecule has 7 nitrogen and oxygen atoms in total. The van der Waals surface area contributed by atoms with Crippen LogP contribution in [0.1, 0.15) is 17.4 Å². The van der Waals surface area contributed by atoms with Gasteiger partial charge in [-0.2, -0.15) is 0 Å². The highest BCUT2D eigenvalue weighted by molar-refractivity contribution is 5.89. The minimum atomic E-state index is -0.551. The van der Waals surface area contributed by atoms with E-state index in [1.54, 1.807) is 32.2 Å². The Morgan fingerprint density at radius 1 is 1.18 bits per heavy atom. The van der Waals surface area contributed by atoms with E-state index < -0.39 is 5.97 Å². The third kappa shape index (κ3) is 3.25. The van der Waals surface area contributed by atoms with Gasteiger partial charge in [0.15, 0.2) is 5.69 Å². The zero-order valence-corrected chi connectivity index (χ0v) is 12.6. The molecule has 0 aliphatic carbocycles. The van der Waals surface area contributed by atoms with Gasteiger partial charge in [0.1, 0.15) is 11.5 Å². The highest BCUT2D eigenvalue weighted by Crippen LogP contribution is 2.32. The second-order valence-corrected chi connectivity index (χ2v) is 4.28. The van der Waals surface area contributed by atoms with Crippen LogP contribution in [0.3, 0.4) is 0 Å². The van der Waals surface area contributed by atoms with Gasteiger partial charge in [0.05, 0.1) is 26.5 Å². The summed E-state index contributed by atoms with van der Waals surface area (Å²) in [6.07, 6.45) is 0. The topological polar surface area (TPSA) is 96.6 Å². The minimum Gasteiger partial charge on any atom is -0.497 e. The highest BCUT2D eigenvalue weighted by Gasteiger charge is 2.15. The first-order valence-electron chi connectivity index (χ1n) is 6.63. The largest absolute Gasteiger partial charge is 0.497 e. The third-order valence-electron chi connectivity index (χ3n) is 2.91. The lowest BCUT2D eigenvalue weighted by Crippen LogP contribution is -2.10. The monoisotopic (exact) mass is 303 g/mol. The van der Waals surface area contributed by atoms with Crippen LogP contribution in [0.4, 0.5) is 5.95 Å². The van der Waals surface area contributed by atoms with Crippen LogP contribution in [-0.4, -0.2) is 36.8 Å². The Kier molecular flexibility index (Phi) is 4.77. The maximum Gasteiger partial charge on any atom is 0.357 e. The van der Waals surface area contributed by atoms with Gasteiger partial charge in [-0.1, -0.05) is 0 Å². The van der Waals surface area contributed by atoms with E-state index in [4.69, 9.17) is 19.9 Å². The molecule has 2 rings (SSSR count). The van der Waals surface area contributed by atoms with E-state index in [-0.39, 0.29) is 18.2 Å². The van der Waals surface area contributed by atoms with Crippen molar-refractivity contribution in [1.29, 1.82) is 0 Å². The molecule has 7 heteroatoms. The maximum atomic E-state index is 11.8. The van der Waals surface area contributed by atoms with E-state index in [1.165, 1.54) is 13.2 Å². The standard InChI is InChI=1S/C15H17N3O4/c1-4-22-14(19)12-8-11(17-15(16)18-12)10-6-5-9(20-2)7-13(10)21-3/h5-8H,4H2,1-3H3,(H2,16,17,18). The lowest BCUT2D eigenvalue weighted by Gasteiger charge is -2.11. The number of hydrogen-bond acceptors (Lipinski definition) is 7. The van der Waals surface area contributed by atoms with E-state index >= 15 is 0 Å². The third-order valence-corrected chi connectivity index (χ3v) is 2.91. The van der Waals surface area contributed by atoms with Gasteiger partial charge < -0.3 is 19.9 Å². The second-order valence-electron chi connectivity index (χ2n) is 4.28. The van der Waals surface area contributed by atoms with Crippen LogP contribution in [0.25, 0.3) is 11.3 Å². The van der Waals surface area contributed by atoms with Crippen LogP contribution in [0, 0.1) is 0 Å². The Balaban J connectivity index is 2.50. The SMILES string of the molecule is CCOC(=O)c1cc(-c2ccc(OC)cc2OC)nc(N)n1. The van der Waals surface area contributed by atoms with Crippen molar-refractivity contribution >= 4 is 11.9 Å². The van der Waals surface area contributed by atoms with Crippen molar-refractivity contribution < 1.29 is 19.0 Å². The van der Waals surface area contributed by atoms with Crippen LogP contribution in [0.15, 0.2) is 24.3 Å². The van der Waals surface area contributed by atoms with Crippen molar-refractivity contribution in [2.45, 2.75) is 6.92 Å². The lowest BCUT2D eigenvalue weighted by atomic mass is 10.1. The predicted octanol–water partition coefficient (Wildman–Crippen LogP) is 1.92. The van der Waals surface area contributed by atoms with E-state index in [9.17, 15) is 4.79 Å². The zero-order chi connectivity index (χ0) is 16.1. The minimum absolute atomic E-state index is 0.0153. The Morgan fingerprint density at radius 3 is 2.59 bits per heavy atom. The summed E-state index contributed by atoms with van der Waals surface area (Å²) in [6, 6.07) is 6.77. The molecule has 1 aromatic carbocycles. The van der Waals surface area contributed by atoms with Gasteiger partial charge in [0, 0.05) is 11.6 Å². The molecule has 0 saturated heterocycles. The van der Waals surface area contributed by atoms with Crippen LogP contribution in [-0.2, 0) is 4.74 Å². The zero-order valence-electron chi connectivity index (χ0n) is 12.6. The Labute approximate surface area is 128 Å². The molecule has 0 spiro atoms. The molecule has 0 aliphatic heterocycles. The molecule has 116 valence electrons. The fourth-order valence-electron chi connectivity index (χ4n) is 1.92. The summed E-state index contributed by atoms with van der Waals surface area (Å²) >= 11 is 0. The molecule has 0 saturated carbocycles. The predicted molar refractivity (Wildman–Crippen MR) is 80.9 cm³/mol. The molecular formula is C15H17N3O4.